The molecular weight excluding hydrogens is 651 g/mol. The van der Waals surface area contributed by atoms with Crippen molar-refractivity contribution in [3.8, 4) is 61.3 Å². The number of hydrogen-bond acceptors (Lipinski definition) is 0. The van der Waals surface area contributed by atoms with Gasteiger partial charge in [0, 0.05) is 16.8 Å². The van der Waals surface area contributed by atoms with Gasteiger partial charge in [0.05, 0.1) is 5.52 Å². The highest BCUT2D eigenvalue weighted by Crippen LogP contribution is 2.39. The second-order valence-electron chi connectivity index (χ2n) is 13.7. The first-order valence-electron chi connectivity index (χ1n) is 18.8. The summed E-state index contributed by atoms with van der Waals surface area (Å²) in [6, 6.07) is 64.0. The Morgan fingerprint density at radius 2 is 0.926 bits per heavy atom. The average molecular weight is 694 g/mol. The Kier molecular flexibility index (Phi) is 9.87. The molecular formula is C53H43N. The highest BCUT2D eigenvalue weighted by Gasteiger charge is 2.16. The zero-order valence-corrected chi connectivity index (χ0v) is 30.9. The van der Waals surface area contributed by atoms with Gasteiger partial charge < -0.3 is 4.57 Å². The molecule has 1 aromatic heterocycles. The molecule has 54 heavy (non-hydrogen) atoms. The van der Waals surface area contributed by atoms with Gasteiger partial charge in [0.25, 0.3) is 0 Å². The molecule has 1 heterocycles. The maximum atomic E-state index is 4.24. The zero-order chi connectivity index (χ0) is 36.9. The van der Waals surface area contributed by atoms with Gasteiger partial charge in [0.15, 0.2) is 0 Å². The first-order valence-corrected chi connectivity index (χ1v) is 18.8. The average Bonchev–Trinajstić information content (AvgIpc) is 3.63. The Labute approximate surface area is 319 Å². The fourth-order valence-electron chi connectivity index (χ4n) is 7.52. The van der Waals surface area contributed by atoms with Gasteiger partial charge in [-0.1, -0.05) is 141 Å². The Morgan fingerprint density at radius 1 is 0.500 bits per heavy atom. The lowest BCUT2D eigenvalue weighted by Crippen LogP contribution is -1.98. The lowest BCUT2D eigenvalue weighted by Gasteiger charge is -2.17. The van der Waals surface area contributed by atoms with Crippen LogP contribution in [0.3, 0.4) is 0 Å². The van der Waals surface area contributed by atoms with Crippen LogP contribution in [-0.4, -0.2) is 4.57 Å². The van der Waals surface area contributed by atoms with Gasteiger partial charge in [-0.2, -0.15) is 0 Å². The van der Waals surface area contributed by atoms with Crippen LogP contribution in [0.25, 0.3) is 83.9 Å². The summed E-state index contributed by atoms with van der Waals surface area (Å²) in [6.07, 6.45) is 9.59. The second-order valence-corrected chi connectivity index (χ2v) is 13.7. The predicted octanol–water partition coefficient (Wildman–Crippen LogP) is 15.0. The SMILES string of the molecule is C=Cc1cc2ccccc2n1-c1cc(-c2cc(C(/C=C\C)=C/CC)cc(-c3ccccc3)c2)cc(-c2cc(-c3ccccc3)cc(-c3ccccc3)c2)c1. The number of aromatic nitrogens is 1. The first-order chi connectivity index (χ1) is 26.6. The minimum Gasteiger partial charge on any atom is -0.310 e. The van der Waals surface area contributed by atoms with E-state index in [0.717, 1.165) is 40.0 Å². The highest BCUT2D eigenvalue weighted by atomic mass is 15.0. The van der Waals surface area contributed by atoms with E-state index in [9.17, 15) is 0 Å². The van der Waals surface area contributed by atoms with Gasteiger partial charge in [0.1, 0.15) is 0 Å². The highest BCUT2D eigenvalue weighted by molar-refractivity contribution is 5.90. The number of para-hydroxylation sites is 1. The minimum atomic E-state index is 0.955. The topological polar surface area (TPSA) is 4.93 Å². The predicted molar refractivity (Wildman–Crippen MR) is 234 cm³/mol. The van der Waals surface area contributed by atoms with Crippen LogP contribution in [-0.2, 0) is 0 Å². The lowest BCUT2D eigenvalue weighted by molar-refractivity contribution is 1.11. The van der Waals surface area contributed by atoms with Crippen LogP contribution in [0.1, 0.15) is 31.5 Å². The molecule has 0 fully saturated rings. The van der Waals surface area contributed by atoms with Crippen molar-refractivity contribution in [1.82, 2.24) is 4.57 Å². The molecule has 0 saturated carbocycles. The van der Waals surface area contributed by atoms with Crippen molar-refractivity contribution in [2.45, 2.75) is 20.3 Å². The first kappa shape index (κ1) is 34.4. The number of rotatable bonds is 10. The smallest absolute Gasteiger partial charge is 0.0534 e. The zero-order valence-electron chi connectivity index (χ0n) is 30.9. The van der Waals surface area contributed by atoms with E-state index in [1.54, 1.807) is 0 Å². The van der Waals surface area contributed by atoms with E-state index in [1.165, 1.54) is 55.5 Å². The van der Waals surface area contributed by atoms with Crippen molar-refractivity contribution < 1.29 is 0 Å². The molecule has 7 aromatic carbocycles. The van der Waals surface area contributed by atoms with E-state index >= 15 is 0 Å². The van der Waals surface area contributed by atoms with E-state index in [-0.39, 0.29) is 0 Å². The van der Waals surface area contributed by atoms with Crippen LogP contribution < -0.4 is 0 Å². The van der Waals surface area contributed by atoms with Gasteiger partial charge >= 0.3 is 0 Å². The summed E-state index contributed by atoms with van der Waals surface area (Å²) < 4.78 is 2.35. The number of hydrogen-bond donors (Lipinski definition) is 0. The molecule has 8 rings (SSSR count). The van der Waals surface area contributed by atoms with Crippen molar-refractivity contribution in [2.24, 2.45) is 0 Å². The molecule has 0 amide bonds. The largest absolute Gasteiger partial charge is 0.310 e. The van der Waals surface area contributed by atoms with Crippen LogP contribution in [0.4, 0.5) is 0 Å². The Bertz CT molecular complexity index is 2580. The van der Waals surface area contributed by atoms with Crippen LogP contribution in [0.5, 0.6) is 0 Å². The van der Waals surface area contributed by atoms with Gasteiger partial charge in [0.2, 0.25) is 0 Å². The summed E-state index contributed by atoms with van der Waals surface area (Å²) >= 11 is 0. The van der Waals surface area contributed by atoms with E-state index in [0.29, 0.717) is 0 Å². The number of fused-ring (bicyclic) bond motifs is 1. The quantitative estimate of drug-likeness (QED) is 0.126. The molecule has 260 valence electrons. The van der Waals surface area contributed by atoms with Crippen molar-refractivity contribution in [3.05, 3.63) is 212 Å². The standard InChI is InChI=1S/C53H43N/c1-4-18-38(19-5-2)43-28-44(39-20-10-7-11-21-39)31-47(30-43)49-34-50(37-52(36-49)54-51(6-3)35-42-26-16-17-27-53(42)54)48-32-45(40-22-12-8-13-23-40)29-46(33-48)41-24-14-9-15-25-41/h4,6-37H,3,5H2,1-2H3/b18-4-,38-19+. The van der Waals surface area contributed by atoms with Gasteiger partial charge in [-0.15, -0.1) is 0 Å². The molecule has 0 saturated heterocycles. The third-order valence-corrected chi connectivity index (χ3v) is 10.1. The normalized spacial score (nSPS) is 11.7. The molecule has 1 nitrogen and oxygen atoms in total. The van der Waals surface area contributed by atoms with Crippen LogP contribution in [0.2, 0.25) is 0 Å². The Balaban J connectivity index is 1.43. The van der Waals surface area contributed by atoms with E-state index in [4.69, 9.17) is 0 Å². The fourth-order valence-corrected chi connectivity index (χ4v) is 7.52. The summed E-state index contributed by atoms with van der Waals surface area (Å²) in [5, 5.41) is 1.19. The van der Waals surface area contributed by atoms with Crippen molar-refractivity contribution in [3.63, 3.8) is 0 Å². The van der Waals surface area contributed by atoms with Crippen LogP contribution in [0, 0.1) is 0 Å². The molecule has 0 aliphatic rings. The van der Waals surface area contributed by atoms with E-state index < -0.39 is 0 Å². The van der Waals surface area contributed by atoms with E-state index in [2.05, 4.69) is 219 Å². The summed E-state index contributed by atoms with van der Waals surface area (Å²) in [5.74, 6) is 0. The summed E-state index contributed by atoms with van der Waals surface area (Å²) in [5.41, 5.74) is 17.5. The third kappa shape index (κ3) is 7.05. The molecule has 8 aromatic rings. The molecule has 0 aliphatic carbocycles. The fraction of sp³-hybridized carbons (Fsp3) is 0.0566. The van der Waals surface area contributed by atoms with Gasteiger partial charge in [-0.05, 0) is 153 Å². The van der Waals surface area contributed by atoms with Crippen LogP contribution in [0.15, 0.2) is 201 Å². The van der Waals surface area contributed by atoms with Crippen LogP contribution >= 0.6 is 0 Å². The number of allylic oxidation sites excluding steroid dienone is 4. The lowest BCUT2D eigenvalue weighted by atomic mass is 9.89. The molecule has 0 spiro atoms. The van der Waals surface area contributed by atoms with E-state index in [1.807, 2.05) is 6.08 Å². The number of nitrogens with zero attached hydrogens (tertiary/aromatic N) is 1. The Morgan fingerprint density at radius 3 is 1.41 bits per heavy atom. The summed E-state index contributed by atoms with van der Waals surface area (Å²) in [6.45, 7) is 8.53. The minimum absolute atomic E-state index is 0.955. The Hall–Kier alpha value is -6.70. The molecule has 0 radical (unpaired) electrons. The third-order valence-electron chi connectivity index (χ3n) is 10.1. The number of benzene rings is 7. The van der Waals surface area contributed by atoms with Gasteiger partial charge in [-0.3, -0.25) is 0 Å². The monoisotopic (exact) mass is 693 g/mol. The molecule has 0 atom stereocenters. The molecule has 0 aliphatic heterocycles. The van der Waals surface area contributed by atoms with Gasteiger partial charge in [-0.25, -0.2) is 0 Å². The maximum Gasteiger partial charge on any atom is 0.0534 e. The second kappa shape index (κ2) is 15.5. The molecule has 1 heteroatoms. The summed E-state index contributed by atoms with van der Waals surface area (Å²) in [7, 11) is 0. The molecule has 0 N–H and O–H groups in total. The van der Waals surface area contributed by atoms with Crippen molar-refractivity contribution in [2.75, 3.05) is 0 Å². The van der Waals surface area contributed by atoms with Crippen molar-refractivity contribution in [1.29, 1.82) is 0 Å². The molecule has 0 unspecified atom stereocenters. The summed E-state index contributed by atoms with van der Waals surface area (Å²) in [4.78, 5) is 0. The van der Waals surface area contributed by atoms with Crippen molar-refractivity contribution >= 4 is 22.6 Å². The maximum absolute atomic E-state index is 4.24. The molecule has 0 bridgehead atoms.